The molecule has 0 spiro atoms. The molecule has 6 rings (SSSR count). The highest BCUT2D eigenvalue weighted by atomic mass is 16.6. The van der Waals surface area contributed by atoms with E-state index in [9.17, 15) is 9.59 Å². The number of carbonyl (C=O) groups excluding carboxylic acids is 2. The van der Waals surface area contributed by atoms with Crippen LogP contribution in [0.4, 0.5) is 5.69 Å². The molecular formula is C25H24N2O4. The molecule has 0 radical (unpaired) electrons. The molecule has 3 fully saturated rings. The maximum Gasteiger partial charge on any atom is 0.238 e. The third-order valence-corrected chi connectivity index (χ3v) is 7.74. The number of ether oxygens (including phenoxy) is 1. The van der Waals surface area contributed by atoms with Gasteiger partial charge in [-0.2, -0.15) is 0 Å². The Labute approximate surface area is 180 Å². The molecule has 31 heavy (non-hydrogen) atoms. The molecule has 0 N–H and O–H groups in total. The lowest BCUT2D eigenvalue weighted by Crippen LogP contribution is -2.41. The summed E-state index contributed by atoms with van der Waals surface area (Å²) in [7, 11) is 1.64. The molecule has 2 aliphatic heterocycles. The molecule has 2 saturated carbocycles. The summed E-state index contributed by atoms with van der Waals surface area (Å²) in [6, 6.07) is 13.7. The van der Waals surface area contributed by atoms with Crippen molar-refractivity contribution in [2.24, 2.45) is 34.7 Å². The van der Waals surface area contributed by atoms with E-state index in [0.717, 1.165) is 40.3 Å². The number of hydrogen-bond acceptors (Lipinski definition) is 5. The smallest absolute Gasteiger partial charge is 0.238 e. The second kappa shape index (κ2) is 6.42. The summed E-state index contributed by atoms with van der Waals surface area (Å²) in [5, 5.41) is 4.41. The van der Waals surface area contributed by atoms with Gasteiger partial charge in [-0.3, -0.25) is 9.59 Å². The highest BCUT2D eigenvalue weighted by Crippen LogP contribution is 2.62. The van der Waals surface area contributed by atoms with Gasteiger partial charge in [0, 0.05) is 17.4 Å². The normalized spacial score (nSPS) is 32.7. The van der Waals surface area contributed by atoms with Gasteiger partial charge in [0.25, 0.3) is 0 Å². The van der Waals surface area contributed by atoms with Gasteiger partial charge in [-0.25, -0.2) is 4.90 Å². The maximum absolute atomic E-state index is 13.6. The minimum absolute atomic E-state index is 0.0327. The molecule has 6 atom stereocenters. The van der Waals surface area contributed by atoms with E-state index in [1.807, 2.05) is 56.3 Å². The van der Waals surface area contributed by atoms with E-state index in [1.165, 1.54) is 4.90 Å². The number of anilines is 1. The average molecular weight is 416 g/mol. The van der Waals surface area contributed by atoms with Gasteiger partial charge in [0.2, 0.25) is 11.8 Å². The van der Waals surface area contributed by atoms with Crippen molar-refractivity contribution in [3.05, 3.63) is 59.2 Å². The highest BCUT2D eigenvalue weighted by Gasteiger charge is 2.70. The van der Waals surface area contributed by atoms with Crippen LogP contribution in [-0.2, 0) is 14.4 Å². The van der Waals surface area contributed by atoms with Crippen LogP contribution in [0.5, 0.6) is 5.75 Å². The van der Waals surface area contributed by atoms with Crippen molar-refractivity contribution >= 4 is 23.2 Å². The molecule has 6 nitrogen and oxygen atoms in total. The first-order chi connectivity index (χ1) is 15.0. The van der Waals surface area contributed by atoms with Gasteiger partial charge in [-0.1, -0.05) is 23.4 Å². The Bertz CT molecular complexity index is 1120. The number of amides is 2. The van der Waals surface area contributed by atoms with Crippen LogP contribution in [-0.4, -0.2) is 30.7 Å². The minimum atomic E-state index is -0.303. The molecule has 2 aromatic rings. The Kier molecular flexibility index (Phi) is 3.86. The Morgan fingerprint density at radius 1 is 0.935 bits per heavy atom. The Balaban J connectivity index is 1.36. The average Bonchev–Trinajstić information content (AvgIpc) is 3.50. The third kappa shape index (κ3) is 2.36. The molecule has 6 heteroatoms. The number of para-hydroxylation sites is 1. The van der Waals surface area contributed by atoms with Crippen molar-refractivity contribution in [2.45, 2.75) is 26.4 Å². The molecule has 0 unspecified atom stereocenters. The minimum Gasteiger partial charge on any atom is -0.497 e. The van der Waals surface area contributed by atoms with Crippen LogP contribution in [0.2, 0.25) is 0 Å². The number of fused-ring (bicyclic) bond motifs is 8. The fourth-order valence-corrected chi connectivity index (χ4v) is 6.51. The molecule has 4 aliphatic rings. The van der Waals surface area contributed by atoms with Gasteiger partial charge in [0.15, 0.2) is 0 Å². The van der Waals surface area contributed by atoms with Crippen molar-refractivity contribution in [3.8, 4) is 5.75 Å². The lowest BCUT2D eigenvalue weighted by atomic mass is 9.71. The SMILES string of the molecule is COc1ccc(C2=NO[C@@H]3[C@H]4C[C@@H]([C@@H]23)[C@@H]2C(=O)N(c3c(C)cccc3C)C(=O)[C@@H]42)cc1. The van der Waals surface area contributed by atoms with Crippen LogP contribution in [0, 0.1) is 43.4 Å². The van der Waals surface area contributed by atoms with Crippen molar-refractivity contribution in [1.29, 1.82) is 0 Å². The molecule has 1 saturated heterocycles. The van der Waals surface area contributed by atoms with Crippen LogP contribution < -0.4 is 9.64 Å². The summed E-state index contributed by atoms with van der Waals surface area (Å²) in [6.07, 6.45) is 0.718. The zero-order valence-corrected chi connectivity index (χ0v) is 17.7. The van der Waals surface area contributed by atoms with Crippen LogP contribution in [0.1, 0.15) is 23.1 Å². The second-order valence-corrected chi connectivity index (χ2v) is 9.17. The van der Waals surface area contributed by atoms with Crippen LogP contribution >= 0.6 is 0 Å². The number of rotatable bonds is 3. The van der Waals surface area contributed by atoms with Gasteiger partial charge in [0.05, 0.1) is 30.3 Å². The fraction of sp³-hybridized carbons (Fsp3) is 0.400. The molecule has 158 valence electrons. The number of hydrogen-bond donors (Lipinski definition) is 0. The number of oxime groups is 1. The zero-order chi connectivity index (χ0) is 21.4. The number of carbonyl (C=O) groups is 2. The highest BCUT2D eigenvalue weighted by molar-refractivity contribution is 6.23. The van der Waals surface area contributed by atoms with Crippen LogP contribution in [0.25, 0.3) is 0 Å². The van der Waals surface area contributed by atoms with Gasteiger partial charge in [0.1, 0.15) is 11.9 Å². The summed E-state index contributed by atoms with van der Waals surface area (Å²) >= 11 is 0. The first-order valence-corrected chi connectivity index (χ1v) is 10.8. The van der Waals surface area contributed by atoms with Gasteiger partial charge >= 0.3 is 0 Å². The number of methoxy groups -OCH3 is 1. The summed E-state index contributed by atoms with van der Waals surface area (Å²) in [6.45, 7) is 3.91. The van der Waals surface area contributed by atoms with E-state index in [-0.39, 0.29) is 47.5 Å². The lowest BCUT2D eigenvalue weighted by molar-refractivity contribution is -0.125. The first-order valence-electron chi connectivity index (χ1n) is 10.8. The lowest BCUT2D eigenvalue weighted by Gasteiger charge is -2.29. The molecule has 0 aromatic heterocycles. The predicted octanol–water partition coefficient (Wildman–Crippen LogP) is 3.49. The van der Waals surface area contributed by atoms with E-state index in [2.05, 4.69) is 5.16 Å². The fourth-order valence-electron chi connectivity index (χ4n) is 6.51. The molecule has 2 heterocycles. The van der Waals surface area contributed by atoms with Crippen molar-refractivity contribution in [2.75, 3.05) is 12.0 Å². The molecule has 2 aromatic carbocycles. The topological polar surface area (TPSA) is 68.2 Å². The summed E-state index contributed by atoms with van der Waals surface area (Å²) in [5.74, 6) is 0.229. The largest absolute Gasteiger partial charge is 0.497 e. The van der Waals surface area contributed by atoms with E-state index in [4.69, 9.17) is 9.57 Å². The summed E-state index contributed by atoms with van der Waals surface area (Å²) < 4.78 is 5.26. The molecule has 2 amide bonds. The summed E-state index contributed by atoms with van der Waals surface area (Å²) in [4.78, 5) is 34.5. The number of aryl methyl sites for hydroxylation is 2. The van der Waals surface area contributed by atoms with E-state index in [1.54, 1.807) is 7.11 Å². The Morgan fingerprint density at radius 2 is 1.58 bits per heavy atom. The van der Waals surface area contributed by atoms with Crippen LogP contribution in [0.15, 0.2) is 47.6 Å². The van der Waals surface area contributed by atoms with Gasteiger partial charge in [-0.05, 0) is 61.6 Å². The monoisotopic (exact) mass is 416 g/mol. The maximum atomic E-state index is 13.6. The number of nitrogens with zero attached hydrogens (tertiary/aromatic N) is 2. The number of benzene rings is 2. The third-order valence-electron chi connectivity index (χ3n) is 7.74. The zero-order valence-electron chi connectivity index (χ0n) is 17.7. The molecule has 2 bridgehead atoms. The quantitative estimate of drug-likeness (QED) is 0.719. The Hall–Kier alpha value is -3.15. The molecular weight excluding hydrogens is 392 g/mol. The second-order valence-electron chi connectivity index (χ2n) is 9.17. The van der Waals surface area contributed by atoms with Gasteiger partial charge < -0.3 is 9.57 Å². The van der Waals surface area contributed by atoms with Crippen molar-refractivity contribution < 1.29 is 19.2 Å². The Morgan fingerprint density at radius 3 is 2.23 bits per heavy atom. The van der Waals surface area contributed by atoms with Crippen molar-refractivity contribution in [1.82, 2.24) is 0 Å². The number of imide groups is 1. The standard InChI is InChI=1S/C25H24N2O4/c1-12-5-4-6-13(2)22(12)27-24(28)18-16-11-17(19(18)25(27)29)23-20(16)21(26-31-23)14-7-9-15(30-3)10-8-14/h4-10,16-20,23H,11H2,1-3H3/t16-,17+,18+,19+,20+,23-/m1/s1. The van der Waals surface area contributed by atoms with E-state index >= 15 is 0 Å². The molecule has 2 aliphatic carbocycles. The van der Waals surface area contributed by atoms with Gasteiger partial charge in [-0.15, -0.1) is 0 Å². The van der Waals surface area contributed by atoms with Crippen LogP contribution in [0.3, 0.4) is 0 Å². The van der Waals surface area contributed by atoms with E-state index in [0.29, 0.717) is 0 Å². The first kappa shape index (κ1) is 18.6. The predicted molar refractivity (Wildman–Crippen MR) is 115 cm³/mol. The van der Waals surface area contributed by atoms with E-state index < -0.39 is 0 Å². The van der Waals surface area contributed by atoms with Crippen molar-refractivity contribution in [3.63, 3.8) is 0 Å². The summed E-state index contributed by atoms with van der Waals surface area (Å²) in [5.41, 5.74) is 4.53.